The van der Waals surface area contributed by atoms with Gasteiger partial charge in [-0.05, 0) is 24.6 Å². The highest BCUT2D eigenvalue weighted by Gasteiger charge is 2.10. The molecule has 19 heavy (non-hydrogen) atoms. The van der Waals surface area contributed by atoms with Crippen molar-refractivity contribution in [1.29, 1.82) is 0 Å². The summed E-state index contributed by atoms with van der Waals surface area (Å²) >= 11 is 0. The average molecular weight is 260 g/mol. The van der Waals surface area contributed by atoms with Gasteiger partial charge in [0.2, 0.25) is 0 Å². The lowest BCUT2D eigenvalue weighted by molar-refractivity contribution is 0.214. The summed E-state index contributed by atoms with van der Waals surface area (Å²) < 4.78 is 0. The lowest BCUT2D eigenvalue weighted by atomic mass is 10.1. The van der Waals surface area contributed by atoms with Gasteiger partial charge in [-0.2, -0.15) is 0 Å². The molecule has 0 saturated heterocycles. The molecule has 0 aliphatic carbocycles. The van der Waals surface area contributed by atoms with Gasteiger partial charge in [-0.1, -0.05) is 24.0 Å². The summed E-state index contributed by atoms with van der Waals surface area (Å²) in [6.07, 6.45) is 0.483. The molecule has 1 rings (SSSR count). The first-order valence-corrected chi connectivity index (χ1v) is 6.22. The number of aliphatic hydroxyl groups is 1. The topological polar surface area (TPSA) is 52.6 Å². The van der Waals surface area contributed by atoms with Crippen molar-refractivity contribution >= 4 is 6.03 Å². The predicted molar refractivity (Wildman–Crippen MR) is 75.7 cm³/mol. The number of rotatable bonds is 3. The number of amides is 2. The van der Waals surface area contributed by atoms with Gasteiger partial charge in [-0.25, -0.2) is 4.79 Å². The molecule has 0 bridgehead atoms. The molecule has 4 heteroatoms. The van der Waals surface area contributed by atoms with Crippen LogP contribution in [0.5, 0.6) is 0 Å². The minimum atomic E-state index is -0.112. The van der Waals surface area contributed by atoms with E-state index in [-0.39, 0.29) is 18.7 Å². The smallest absolute Gasteiger partial charge is 0.317 e. The lowest BCUT2D eigenvalue weighted by Gasteiger charge is -2.18. The molecule has 0 aliphatic heterocycles. The summed E-state index contributed by atoms with van der Waals surface area (Å²) in [5.41, 5.74) is 1.94. The molecule has 102 valence electrons. The third-order valence-corrected chi connectivity index (χ3v) is 2.63. The Morgan fingerprint density at radius 3 is 2.53 bits per heavy atom. The van der Waals surface area contributed by atoms with E-state index in [1.54, 1.807) is 14.1 Å². The second-order valence-electron chi connectivity index (χ2n) is 4.46. The van der Waals surface area contributed by atoms with E-state index in [0.29, 0.717) is 6.42 Å². The number of urea groups is 1. The Labute approximate surface area is 114 Å². The molecule has 0 aliphatic rings. The molecular formula is C15H20N2O2. The number of aliphatic hydroxyl groups excluding tert-OH is 1. The SMILES string of the molecule is CC(NC(=O)N(C)C)c1ccc(C#CCCO)cc1. The first-order chi connectivity index (χ1) is 9.04. The van der Waals surface area contributed by atoms with Gasteiger partial charge in [-0.15, -0.1) is 0 Å². The number of hydrogen-bond donors (Lipinski definition) is 2. The van der Waals surface area contributed by atoms with Crippen molar-refractivity contribution in [3.63, 3.8) is 0 Å². The molecule has 4 nitrogen and oxygen atoms in total. The van der Waals surface area contributed by atoms with Crippen LogP contribution in [0.15, 0.2) is 24.3 Å². The van der Waals surface area contributed by atoms with E-state index in [4.69, 9.17) is 5.11 Å². The standard InChI is InChI=1S/C15H20N2O2/c1-12(16-15(19)17(2)3)14-9-7-13(8-10-14)6-4-5-11-18/h7-10,12,18H,5,11H2,1-3H3,(H,16,19). The van der Waals surface area contributed by atoms with Crippen LogP contribution in [0.4, 0.5) is 4.79 Å². The first-order valence-electron chi connectivity index (χ1n) is 6.22. The number of nitrogens with zero attached hydrogens (tertiary/aromatic N) is 1. The summed E-state index contributed by atoms with van der Waals surface area (Å²) in [6, 6.07) is 7.57. The summed E-state index contributed by atoms with van der Waals surface area (Å²) in [7, 11) is 3.42. The van der Waals surface area contributed by atoms with Gasteiger partial charge >= 0.3 is 6.03 Å². The van der Waals surface area contributed by atoms with Crippen LogP contribution in [0.2, 0.25) is 0 Å². The zero-order valence-electron chi connectivity index (χ0n) is 11.6. The normalized spacial score (nSPS) is 11.2. The Balaban J connectivity index is 2.66. The monoisotopic (exact) mass is 260 g/mol. The van der Waals surface area contributed by atoms with E-state index in [0.717, 1.165) is 11.1 Å². The maximum atomic E-state index is 11.5. The molecule has 0 fully saturated rings. The van der Waals surface area contributed by atoms with Gasteiger partial charge in [0, 0.05) is 26.1 Å². The number of carbonyl (C=O) groups is 1. The van der Waals surface area contributed by atoms with Crippen molar-refractivity contribution in [2.24, 2.45) is 0 Å². The van der Waals surface area contributed by atoms with Crippen molar-refractivity contribution < 1.29 is 9.90 Å². The molecule has 2 amide bonds. The fourth-order valence-corrected chi connectivity index (χ4v) is 1.47. The molecule has 1 aromatic rings. The maximum Gasteiger partial charge on any atom is 0.317 e. The molecule has 0 aromatic heterocycles. The Kier molecular flexibility index (Phi) is 5.91. The molecule has 0 heterocycles. The molecule has 1 atom stereocenters. The number of hydrogen-bond acceptors (Lipinski definition) is 2. The van der Waals surface area contributed by atoms with Crippen molar-refractivity contribution in [2.75, 3.05) is 20.7 Å². The summed E-state index contributed by atoms with van der Waals surface area (Å²) in [5, 5.41) is 11.5. The zero-order valence-corrected chi connectivity index (χ0v) is 11.6. The fraction of sp³-hybridized carbons (Fsp3) is 0.400. The molecule has 2 N–H and O–H groups in total. The second kappa shape index (κ2) is 7.45. The van der Waals surface area contributed by atoms with E-state index in [1.165, 1.54) is 4.90 Å². The van der Waals surface area contributed by atoms with Crippen LogP contribution < -0.4 is 5.32 Å². The van der Waals surface area contributed by atoms with Crippen LogP contribution in [0, 0.1) is 11.8 Å². The van der Waals surface area contributed by atoms with Crippen LogP contribution in [-0.2, 0) is 0 Å². The largest absolute Gasteiger partial charge is 0.395 e. The Morgan fingerprint density at radius 2 is 2.00 bits per heavy atom. The quantitative estimate of drug-likeness (QED) is 0.814. The molecule has 1 unspecified atom stereocenters. The molecule has 0 radical (unpaired) electrons. The van der Waals surface area contributed by atoms with Gasteiger partial charge < -0.3 is 15.3 Å². The fourth-order valence-electron chi connectivity index (χ4n) is 1.47. The van der Waals surface area contributed by atoms with Gasteiger partial charge in [0.25, 0.3) is 0 Å². The Bertz CT molecular complexity index is 469. The van der Waals surface area contributed by atoms with E-state index in [2.05, 4.69) is 17.2 Å². The highest BCUT2D eigenvalue weighted by molar-refractivity contribution is 5.74. The van der Waals surface area contributed by atoms with Gasteiger partial charge in [0.05, 0.1) is 12.6 Å². The highest BCUT2D eigenvalue weighted by atomic mass is 16.2. The third kappa shape index (κ3) is 5.02. The summed E-state index contributed by atoms with van der Waals surface area (Å²) in [4.78, 5) is 13.0. The van der Waals surface area contributed by atoms with E-state index in [9.17, 15) is 4.79 Å². The van der Waals surface area contributed by atoms with E-state index >= 15 is 0 Å². The average Bonchev–Trinajstić information content (AvgIpc) is 2.39. The second-order valence-corrected chi connectivity index (χ2v) is 4.46. The van der Waals surface area contributed by atoms with Crippen molar-refractivity contribution in [3.8, 4) is 11.8 Å². The number of nitrogens with one attached hydrogen (secondary N) is 1. The third-order valence-electron chi connectivity index (χ3n) is 2.63. The van der Waals surface area contributed by atoms with E-state index < -0.39 is 0 Å². The van der Waals surface area contributed by atoms with Crippen LogP contribution in [-0.4, -0.2) is 36.7 Å². The van der Waals surface area contributed by atoms with Gasteiger partial charge in [0.1, 0.15) is 0 Å². The summed E-state index contributed by atoms with van der Waals surface area (Å²) in [5.74, 6) is 5.84. The zero-order chi connectivity index (χ0) is 14.3. The predicted octanol–water partition coefficient (Wildman–Crippen LogP) is 1.75. The first kappa shape index (κ1) is 15.1. The molecule has 1 aromatic carbocycles. The van der Waals surface area contributed by atoms with Crippen LogP contribution >= 0.6 is 0 Å². The Morgan fingerprint density at radius 1 is 1.37 bits per heavy atom. The molecule has 0 spiro atoms. The van der Waals surface area contributed by atoms with Gasteiger partial charge in [-0.3, -0.25) is 0 Å². The highest BCUT2D eigenvalue weighted by Crippen LogP contribution is 2.13. The van der Waals surface area contributed by atoms with Crippen LogP contribution in [0.3, 0.4) is 0 Å². The minimum absolute atomic E-state index is 0.0469. The molecule has 0 saturated carbocycles. The van der Waals surface area contributed by atoms with Crippen molar-refractivity contribution in [3.05, 3.63) is 35.4 Å². The van der Waals surface area contributed by atoms with Crippen molar-refractivity contribution in [2.45, 2.75) is 19.4 Å². The van der Waals surface area contributed by atoms with Crippen LogP contribution in [0.1, 0.15) is 30.5 Å². The molecular weight excluding hydrogens is 240 g/mol. The van der Waals surface area contributed by atoms with E-state index in [1.807, 2.05) is 31.2 Å². The maximum absolute atomic E-state index is 11.5. The number of benzene rings is 1. The summed E-state index contributed by atoms with van der Waals surface area (Å²) in [6.45, 7) is 2.02. The van der Waals surface area contributed by atoms with Crippen LogP contribution in [0.25, 0.3) is 0 Å². The number of carbonyl (C=O) groups excluding carboxylic acids is 1. The minimum Gasteiger partial charge on any atom is -0.395 e. The Hall–Kier alpha value is -1.99. The van der Waals surface area contributed by atoms with Crippen molar-refractivity contribution in [1.82, 2.24) is 10.2 Å². The van der Waals surface area contributed by atoms with Gasteiger partial charge in [0.15, 0.2) is 0 Å². The lowest BCUT2D eigenvalue weighted by Crippen LogP contribution is -2.36.